The first-order chi connectivity index (χ1) is 33.2. The van der Waals surface area contributed by atoms with Gasteiger partial charge in [0.1, 0.15) is 34.6 Å². The molecule has 0 atom stereocenters. The Balaban J connectivity index is 0.000000190. The Hall–Kier alpha value is -7.96. The summed E-state index contributed by atoms with van der Waals surface area (Å²) in [6, 6.07) is 31.6. The van der Waals surface area contributed by atoms with Crippen molar-refractivity contribution in [2.24, 2.45) is 0 Å². The van der Waals surface area contributed by atoms with Gasteiger partial charge >= 0.3 is 5.97 Å². The van der Waals surface area contributed by atoms with Crippen LogP contribution in [0.5, 0.6) is 0 Å². The number of carbonyl (C=O) groups excluding carboxylic acids is 1. The molecule has 0 aliphatic rings. The molecule has 0 saturated heterocycles. The predicted octanol–water partition coefficient (Wildman–Crippen LogP) is 10.1. The van der Waals surface area contributed by atoms with Crippen LogP contribution in [0.25, 0.3) is 56.0 Å². The fourth-order valence-corrected chi connectivity index (χ4v) is 8.25. The highest BCUT2D eigenvalue weighted by Crippen LogP contribution is 2.34. The van der Waals surface area contributed by atoms with Crippen LogP contribution in [0.2, 0.25) is 0 Å². The zero-order valence-electron chi connectivity index (χ0n) is 36.9. The topological polar surface area (TPSA) is 162 Å². The molecule has 5 aromatic carbocycles. The number of hydrogen-bond acceptors (Lipinski definition) is 10. The van der Waals surface area contributed by atoms with E-state index in [9.17, 15) is 41.8 Å². The van der Waals surface area contributed by atoms with Crippen LogP contribution in [0.15, 0.2) is 147 Å². The number of benzene rings is 5. The van der Waals surface area contributed by atoms with Crippen molar-refractivity contribution in [1.29, 1.82) is 0 Å². The predicted molar refractivity (Wildman–Crippen MR) is 259 cm³/mol. The van der Waals surface area contributed by atoms with Crippen molar-refractivity contribution < 1.29 is 32.3 Å². The maximum absolute atomic E-state index is 14.8. The first kappa shape index (κ1) is 47.5. The molecule has 9 aromatic rings. The van der Waals surface area contributed by atoms with E-state index in [2.05, 4.69) is 25.3 Å². The van der Waals surface area contributed by atoms with Gasteiger partial charge in [-0.3, -0.25) is 23.5 Å². The first-order valence-corrected chi connectivity index (χ1v) is 23.3. The van der Waals surface area contributed by atoms with Crippen molar-refractivity contribution in [1.82, 2.24) is 34.4 Å². The Morgan fingerprint density at radius 1 is 0.565 bits per heavy atom. The van der Waals surface area contributed by atoms with E-state index in [1.54, 1.807) is 37.6 Å². The van der Waals surface area contributed by atoms with Crippen LogP contribution in [0.3, 0.4) is 0 Å². The molecule has 4 heterocycles. The summed E-state index contributed by atoms with van der Waals surface area (Å²) in [6.07, 6.45) is 3.49. The minimum Gasteiger partial charge on any atom is -0.478 e. The average molecular weight is 968 g/mol. The van der Waals surface area contributed by atoms with E-state index in [0.29, 0.717) is 50.6 Å². The lowest BCUT2D eigenvalue weighted by molar-refractivity contribution is 0.0696. The number of aromatic carboxylic acids is 1. The first-order valence-electron chi connectivity index (χ1n) is 20.8. The van der Waals surface area contributed by atoms with E-state index in [-0.39, 0.29) is 27.9 Å². The average Bonchev–Trinajstić information content (AvgIpc) is 3.34. The van der Waals surface area contributed by atoms with Gasteiger partial charge in [-0.2, -0.15) is 0 Å². The van der Waals surface area contributed by atoms with Crippen LogP contribution < -0.4 is 16.4 Å². The highest BCUT2D eigenvalue weighted by Gasteiger charge is 2.23. The number of thioether (sulfide) groups is 2. The van der Waals surface area contributed by atoms with E-state index in [1.165, 1.54) is 72.1 Å². The van der Waals surface area contributed by atoms with E-state index in [1.807, 2.05) is 43.3 Å². The third-order valence-corrected chi connectivity index (χ3v) is 12.0. The number of aromatic nitrogens is 6. The number of pyridine rings is 2. The molecule has 0 aliphatic carbocycles. The summed E-state index contributed by atoms with van der Waals surface area (Å²) in [5.74, 6) is -4.97. The Kier molecular flexibility index (Phi) is 13.8. The van der Waals surface area contributed by atoms with E-state index in [4.69, 9.17) is 0 Å². The lowest BCUT2D eigenvalue weighted by atomic mass is 9.99. The molecule has 1 amide bonds. The molecule has 0 spiro atoms. The van der Waals surface area contributed by atoms with Crippen LogP contribution in [0, 0.1) is 37.1 Å². The maximum atomic E-state index is 14.8. The molecule has 69 heavy (non-hydrogen) atoms. The number of carbonyl (C=O) groups is 2. The monoisotopic (exact) mass is 967 g/mol. The number of aryl methyl sites for hydroxylation is 2. The molecule has 346 valence electrons. The van der Waals surface area contributed by atoms with Gasteiger partial charge in [-0.1, -0.05) is 78.1 Å². The third-order valence-electron chi connectivity index (χ3n) is 10.9. The molecule has 9 rings (SSSR count). The van der Waals surface area contributed by atoms with E-state index < -0.39 is 51.7 Å². The van der Waals surface area contributed by atoms with Crippen molar-refractivity contribution in [2.75, 3.05) is 12.5 Å². The number of fused-ring (bicyclic) bond motifs is 2. The Morgan fingerprint density at radius 2 is 1.00 bits per heavy atom. The summed E-state index contributed by atoms with van der Waals surface area (Å²) in [4.78, 5) is 68.0. The molecule has 2 N–H and O–H groups in total. The van der Waals surface area contributed by atoms with Crippen LogP contribution in [0.4, 0.5) is 17.6 Å². The van der Waals surface area contributed by atoms with Gasteiger partial charge in [0.25, 0.3) is 17.0 Å². The summed E-state index contributed by atoms with van der Waals surface area (Å²) in [6.45, 7) is 4.04. The van der Waals surface area contributed by atoms with E-state index in [0.717, 1.165) is 50.1 Å². The number of hydrogen-bond donors (Lipinski definition) is 2. The molecule has 0 unspecified atom stereocenters. The third kappa shape index (κ3) is 9.61. The number of nitrogens with zero attached hydrogens (tertiary/aromatic N) is 6. The Bertz CT molecular complexity index is 3590. The summed E-state index contributed by atoms with van der Waals surface area (Å²) in [5.41, 5.74) is 2.72. The summed E-state index contributed by atoms with van der Waals surface area (Å²) < 4.78 is 60.4. The van der Waals surface area contributed by atoms with Crippen LogP contribution in [-0.2, 0) is 6.54 Å². The van der Waals surface area contributed by atoms with Gasteiger partial charge in [0.2, 0.25) is 0 Å². The smallest absolute Gasteiger partial charge is 0.335 e. The second-order valence-corrected chi connectivity index (χ2v) is 16.8. The van der Waals surface area contributed by atoms with E-state index >= 15 is 0 Å². The van der Waals surface area contributed by atoms with Crippen LogP contribution in [0.1, 0.15) is 37.4 Å². The molecule has 0 fully saturated rings. The van der Waals surface area contributed by atoms with Crippen molar-refractivity contribution in [3.05, 3.63) is 199 Å². The van der Waals surface area contributed by atoms with Gasteiger partial charge in [-0.05, 0) is 104 Å². The van der Waals surface area contributed by atoms with Crippen molar-refractivity contribution in [2.45, 2.75) is 30.7 Å². The van der Waals surface area contributed by atoms with Gasteiger partial charge in [0.05, 0.1) is 17.0 Å². The zero-order valence-corrected chi connectivity index (χ0v) is 38.6. The molecule has 18 heteroatoms. The normalized spacial score (nSPS) is 11.1. The Morgan fingerprint density at radius 3 is 1.43 bits per heavy atom. The van der Waals surface area contributed by atoms with Crippen LogP contribution >= 0.6 is 23.5 Å². The summed E-state index contributed by atoms with van der Waals surface area (Å²) >= 11 is 2.41. The molecule has 0 aliphatic heterocycles. The highest BCUT2D eigenvalue weighted by atomic mass is 32.2. The molecular weight excluding hydrogens is 931 g/mol. The van der Waals surface area contributed by atoms with Gasteiger partial charge in [0.15, 0.2) is 21.6 Å². The summed E-state index contributed by atoms with van der Waals surface area (Å²) in [7, 11) is 0. The minimum absolute atomic E-state index is 0.0194. The number of halogens is 4. The number of carboxylic acid groups (broad SMARTS) is 1. The lowest BCUT2D eigenvalue weighted by Crippen LogP contribution is -2.23. The number of para-hydroxylation sites is 2. The molecule has 12 nitrogen and oxygen atoms in total. The lowest BCUT2D eigenvalue weighted by Gasteiger charge is -2.15. The van der Waals surface area contributed by atoms with Gasteiger partial charge < -0.3 is 10.4 Å². The quantitative estimate of drug-likeness (QED) is 0.0762. The number of carboxylic acids is 1. The van der Waals surface area contributed by atoms with Crippen molar-refractivity contribution >= 4 is 57.5 Å². The van der Waals surface area contributed by atoms with Gasteiger partial charge in [-0.25, -0.2) is 42.3 Å². The maximum Gasteiger partial charge on any atom is 0.335 e. The minimum atomic E-state index is -1.10. The number of amides is 1. The van der Waals surface area contributed by atoms with Crippen molar-refractivity contribution in [3.63, 3.8) is 0 Å². The number of nitrogens with one attached hydrogen (secondary N) is 1. The second kappa shape index (κ2) is 20.1. The van der Waals surface area contributed by atoms with Crippen LogP contribution in [-0.4, -0.2) is 58.6 Å². The summed E-state index contributed by atoms with van der Waals surface area (Å²) in [5, 5.41) is 13.6. The van der Waals surface area contributed by atoms with Crippen molar-refractivity contribution in [3.8, 4) is 33.9 Å². The molecule has 4 aromatic heterocycles. The molecular formula is C51H37F4N7O5S2. The largest absolute Gasteiger partial charge is 0.478 e. The molecule has 0 radical (unpaired) electrons. The SMILES string of the molecule is CSc1nc(-c2cc(C(=O)NCc3ccccc3)ccc2C)c2ccc(=O)n(-c3c(F)cccc3F)c2n1.CSc1nc(-c2cc(C(=O)O)ccc2C)c2ccc(=O)n(-c3c(F)cccc3F)c2n1. The standard InChI is InChI=1S/C29H22F2N4O2S.C22H15F2N3O3S/c1-17-11-12-19(28(37)32-16-18-7-4-3-5-8-18)15-21(17)25-20-13-14-24(36)35(27(20)34-29(33-25)38-2)26-22(30)9-6-10-23(26)31;1-11-6-7-12(21(29)30)10-14(11)18-13-8-9-17(28)27(20(13)26-22(25-18)31-2)19-15(23)4-3-5-16(19)24/h3-15H,16H2,1-2H3,(H,32,37);3-10H,1-2H3,(H,29,30). The fourth-order valence-electron chi connectivity index (χ4n) is 7.53. The molecule has 0 bridgehead atoms. The second-order valence-electron chi connectivity index (χ2n) is 15.3. The van der Waals surface area contributed by atoms with Gasteiger partial charge in [-0.15, -0.1) is 0 Å². The Labute approximate surface area is 398 Å². The highest BCUT2D eigenvalue weighted by molar-refractivity contribution is 7.98. The number of rotatable bonds is 10. The fraction of sp³-hybridized carbons (Fsp3) is 0.0980. The zero-order chi connectivity index (χ0) is 49.1. The van der Waals surface area contributed by atoms with Gasteiger partial charge in [0, 0.05) is 46.1 Å². The molecule has 0 saturated carbocycles.